The van der Waals surface area contributed by atoms with Crippen LogP contribution in [0, 0.1) is 0 Å². The number of ether oxygens (including phenoxy) is 2. The van der Waals surface area contributed by atoms with Crippen LogP contribution in [0.1, 0.15) is 22.0 Å². The van der Waals surface area contributed by atoms with Gasteiger partial charge < -0.3 is 24.4 Å². The molecule has 1 atom stereocenters. The summed E-state index contributed by atoms with van der Waals surface area (Å²) in [6, 6.07) is 13.4. The highest BCUT2D eigenvalue weighted by Gasteiger charge is 2.22. The Kier molecular flexibility index (Phi) is 7.18. The van der Waals surface area contributed by atoms with E-state index in [1.807, 2.05) is 24.3 Å². The van der Waals surface area contributed by atoms with E-state index in [1.54, 1.807) is 40.4 Å². The lowest BCUT2D eigenvalue weighted by atomic mass is 10.0. The molecule has 0 aromatic heterocycles. The monoisotopic (exact) mass is 413 g/mol. The standard InChI is InChI=1S/C23H31N3O4/c1-24(2)23(28)20-14-17(8-9-22(20)30-4)21(27)16-25-10-12-26(13-11-25)18-6-5-7-19(15-18)29-3/h5-9,14-15,21,27H,10-13,16H2,1-4H3. The number of methoxy groups -OCH3 is 2. The van der Waals surface area contributed by atoms with E-state index in [0.717, 1.165) is 43.2 Å². The first-order valence-corrected chi connectivity index (χ1v) is 10.1. The third-order valence-corrected chi connectivity index (χ3v) is 5.47. The Morgan fingerprint density at radius 2 is 1.80 bits per heavy atom. The highest BCUT2D eigenvalue weighted by molar-refractivity contribution is 5.96. The molecule has 2 aromatic rings. The van der Waals surface area contributed by atoms with Gasteiger partial charge in [-0.1, -0.05) is 12.1 Å². The SMILES string of the molecule is COc1cccc(N2CCN(CC(O)c3ccc(OC)c(C(=O)N(C)C)c3)CC2)c1. The summed E-state index contributed by atoms with van der Waals surface area (Å²) in [6.07, 6.45) is -0.673. The molecule has 30 heavy (non-hydrogen) atoms. The van der Waals surface area contributed by atoms with E-state index >= 15 is 0 Å². The molecule has 1 heterocycles. The maximum Gasteiger partial charge on any atom is 0.257 e. The Morgan fingerprint density at radius 1 is 1.07 bits per heavy atom. The highest BCUT2D eigenvalue weighted by Crippen LogP contribution is 2.26. The molecule has 1 fully saturated rings. The highest BCUT2D eigenvalue weighted by atomic mass is 16.5. The van der Waals surface area contributed by atoms with Gasteiger partial charge in [0.05, 0.1) is 25.9 Å². The number of amides is 1. The fourth-order valence-corrected chi connectivity index (χ4v) is 3.69. The first-order chi connectivity index (χ1) is 14.4. The molecule has 3 rings (SSSR count). The van der Waals surface area contributed by atoms with Gasteiger partial charge in [-0.15, -0.1) is 0 Å². The molecule has 7 nitrogen and oxygen atoms in total. The summed E-state index contributed by atoms with van der Waals surface area (Å²) in [4.78, 5) is 18.5. The zero-order valence-corrected chi connectivity index (χ0v) is 18.2. The van der Waals surface area contributed by atoms with Gasteiger partial charge in [-0.3, -0.25) is 9.69 Å². The molecule has 2 aromatic carbocycles. The number of nitrogens with zero attached hydrogens (tertiary/aromatic N) is 3. The Labute approximate surface area is 178 Å². The number of hydrogen-bond acceptors (Lipinski definition) is 6. The van der Waals surface area contributed by atoms with Crippen LogP contribution >= 0.6 is 0 Å². The van der Waals surface area contributed by atoms with Gasteiger partial charge in [-0.05, 0) is 29.8 Å². The van der Waals surface area contributed by atoms with Crippen molar-refractivity contribution in [3.8, 4) is 11.5 Å². The van der Waals surface area contributed by atoms with Crippen molar-refractivity contribution in [3.05, 3.63) is 53.6 Å². The third kappa shape index (κ3) is 5.04. The average molecular weight is 414 g/mol. The number of rotatable bonds is 7. The first-order valence-electron chi connectivity index (χ1n) is 10.1. The minimum Gasteiger partial charge on any atom is -0.497 e. The van der Waals surface area contributed by atoms with Crippen molar-refractivity contribution >= 4 is 11.6 Å². The lowest BCUT2D eigenvalue weighted by Crippen LogP contribution is -2.47. The van der Waals surface area contributed by atoms with Gasteiger partial charge in [0.15, 0.2) is 0 Å². The van der Waals surface area contributed by atoms with Crippen LogP contribution in [0.3, 0.4) is 0 Å². The van der Waals surface area contributed by atoms with Gasteiger partial charge in [0.2, 0.25) is 0 Å². The second-order valence-corrected chi connectivity index (χ2v) is 7.66. The molecule has 0 spiro atoms. The van der Waals surface area contributed by atoms with Gasteiger partial charge in [0.1, 0.15) is 11.5 Å². The quantitative estimate of drug-likeness (QED) is 0.751. The van der Waals surface area contributed by atoms with Gasteiger partial charge in [0, 0.05) is 58.6 Å². The first kappa shape index (κ1) is 21.9. The molecule has 1 aliphatic rings. The maximum atomic E-state index is 12.4. The van der Waals surface area contributed by atoms with E-state index in [-0.39, 0.29) is 5.91 Å². The average Bonchev–Trinajstić information content (AvgIpc) is 2.78. The zero-order chi connectivity index (χ0) is 21.7. The predicted molar refractivity (Wildman–Crippen MR) is 118 cm³/mol. The van der Waals surface area contributed by atoms with Crippen molar-refractivity contribution in [1.82, 2.24) is 9.80 Å². The summed E-state index contributed by atoms with van der Waals surface area (Å²) in [5.41, 5.74) is 2.33. The normalized spacial score (nSPS) is 15.6. The smallest absolute Gasteiger partial charge is 0.257 e. The van der Waals surface area contributed by atoms with E-state index < -0.39 is 6.10 Å². The van der Waals surface area contributed by atoms with Crippen molar-refractivity contribution in [2.75, 3.05) is 65.9 Å². The number of aliphatic hydroxyl groups is 1. The zero-order valence-electron chi connectivity index (χ0n) is 18.2. The molecule has 0 radical (unpaired) electrons. The van der Waals surface area contributed by atoms with E-state index in [4.69, 9.17) is 9.47 Å². The largest absolute Gasteiger partial charge is 0.497 e. The minimum atomic E-state index is -0.673. The molecule has 1 N–H and O–H groups in total. The Hall–Kier alpha value is -2.77. The number of aliphatic hydroxyl groups excluding tert-OH is 1. The second-order valence-electron chi connectivity index (χ2n) is 7.66. The van der Waals surface area contributed by atoms with Crippen molar-refractivity contribution in [3.63, 3.8) is 0 Å². The Morgan fingerprint density at radius 3 is 2.43 bits per heavy atom. The van der Waals surface area contributed by atoms with Crippen LogP contribution in [0.4, 0.5) is 5.69 Å². The molecular formula is C23H31N3O4. The molecule has 7 heteroatoms. The predicted octanol–water partition coefficient (Wildman–Crippen LogP) is 2.26. The second kappa shape index (κ2) is 9.82. The molecular weight excluding hydrogens is 382 g/mol. The lowest BCUT2D eigenvalue weighted by molar-refractivity contribution is 0.0823. The topological polar surface area (TPSA) is 65.5 Å². The fourth-order valence-electron chi connectivity index (χ4n) is 3.69. The number of benzene rings is 2. The van der Waals surface area contributed by atoms with E-state index in [9.17, 15) is 9.90 Å². The number of carbonyl (C=O) groups excluding carboxylic acids is 1. The van der Waals surface area contributed by atoms with Gasteiger partial charge >= 0.3 is 0 Å². The molecule has 1 aliphatic heterocycles. The van der Waals surface area contributed by atoms with Crippen LogP contribution in [-0.4, -0.2) is 81.9 Å². The molecule has 1 unspecified atom stereocenters. The summed E-state index contributed by atoms with van der Waals surface area (Å²) in [6.45, 7) is 4.00. The van der Waals surface area contributed by atoms with E-state index in [0.29, 0.717) is 17.9 Å². The summed E-state index contributed by atoms with van der Waals surface area (Å²) in [7, 11) is 6.62. The van der Waals surface area contributed by atoms with Crippen molar-refractivity contribution < 1.29 is 19.4 Å². The lowest BCUT2D eigenvalue weighted by Gasteiger charge is -2.37. The van der Waals surface area contributed by atoms with Gasteiger partial charge in [-0.25, -0.2) is 0 Å². The van der Waals surface area contributed by atoms with E-state index in [2.05, 4.69) is 15.9 Å². The van der Waals surface area contributed by atoms with Crippen LogP contribution < -0.4 is 14.4 Å². The van der Waals surface area contributed by atoms with Gasteiger partial charge in [0.25, 0.3) is 5.91 Å². The van der Waals surface area contributed by atoms with Crippen LogP contribution in [0.15, 0.2) is 42.5 Å². The number of β-amino-alcohol motifs (C(OH)–C–C–N with tert-alkyl or cyclic N) is 1. The molecule has 0 aliphatic carbocycles. The molecule has 1 saturated heterocycles. The molecule has 162 valence electrons. The van der Waals surface area contributed by atoms with Crippen LogP contribution in [0.25, 0.3) is 0 Å². The Bertz CT molecular complexity index is 863. The summed E-state index contributed by atoms with van der Waals surface area (Å²) in [5.74, 6) is 1.22. The summed E-state index contributed by atoms with van der Waals surface area (Å²) >= 11 is 0. The summed E-state index contributed by atoms with van der Waals surface area (Å²) in [5, 5.41) is 10.8. The fraction of sp³-hybridized carbons (Fsp3) is 0.435. The maximum absolute atomic E-state index is 12.4. The van der Waals surface area contributed by atoms with Gasteiger partial charge in [-0.2, -0.15) is 0 Å². The minimum absolute atomic E-state index is 0.146. The van der Waals surface area contributed by atoms with Crippen LogP contribution in [0.2, 0.25) is 0 Å². The van der Waals surface area contributed by atoms with E-state index in [1.165, 1.54) is 4.90 Å². The van der Waals surface area contributed by atoms with Crippen molar-refractivity contribution in [2.24, 2.45) is 0 Å². The van der Waals surface area contributed by atoms with Crippen molar-refractivity contribution in [1.29, 1.82) is 0 Å². The molecule has 0 saturated carbocycles. The molecule has 0 bridgehead atoms. The molecule has 1 amide bonds. The van der Waals surface area contributed by atoms with Crippen molar-refractivity contribution in [2.45, 2.75) is 6.10 Å². The number of carbonyl (C=O) groups is 1. The number of piperazine rings is 1. The van der Waals surface area contributed by atoms with Crippen LogP contribution in [0.5, 0.6) is 11.5 Å². The Balaban J connectivity index is 1.62. The number of hydrogen-bond donors (Lipinski definition) is 1. The third-order valence-electron chi connectivity index (χ3n) is 5.47. The van der Waals surface area contributed by atoms with Crippen LogP contribution in [-0.2, 0) is 0 Å². The summed E-state index contributed by atoms with van der Waals surface area (Å²) < 4.78 is 10.6. The number of anilines is 1.